The molecule has 0 saturated heterocycles. The first-order chi connectivity index (χ1) is 13.3. The zero-order valence-electron chi connectivity index (χ0n) is 17.0. The molecule has 1 aromatic heterocycles. The SMILES string of the molecule is CCOC(=O)c1cc(C)n(CC(=O)N(C)Cc2ccc(C(=O)NC)cc2)c1C. The lowest BCUT2D eigenvalue weighted by atomic mass is 10.1. The average molecular weight is 385 g/mol. The van der Waals surface area contributed by atoms with Crippen LogP contribution < -0.4 is 5.32 Å². The van der Waals surface area contributed by atoms with Crippen LogP contribution in [-0.2, 0) is 22.6 Å². The molecule has 0 aliphatic heterocycles. The molecule has 0 radical (unpaired) electrons. The highest BCUT2D eigenvalue weighted by atomic mass is 16.5. The van der Waals surface area contributed by atoms with Crippen molar-refractivity contribution in [2.45, 2.75) is 33.9 Å². The van der Waals surface area contributed by atoms with Gasteiger partial charge in [0.25, 0.3) is 5.91 Å². The van der Waals surface area contributed by atoms with Gasteiger partial charge in [-0.05, 0) is 44.5 Å². The molecule has 28 heavy (non-hydrogen) atoms. The Labute approximate surface area is 165 Å². The van der Waals surface area contributed by atoms with E-state index in [1.54, 1.807) is 44.1 Å². The molecule has 150 valence electrons. The smallest absolute Gasteiger partial charge is 0.339 e. The largest absolute Gasteiger partial charge is 0.462 e. The fourth-order valence-corrected chi connectivity index (χ4v) is 2.98. The Morgan fingerprint density at radius 1 is 1.14 bits per heavy atom. The van der Waals surface area contributed by atoms with Crippen molar-refractivity contribution in [1.29, 1.82) is 0 Å². The van der Waals surface area contributed by atoms with Gasteiger partial charge >= 0.3 is 5.97 Å². The molecule has 0 saturated carbocycles. The van der Waals surface area contributed by atoms with Crippen LogP contribution in [0.1, 0.15) is 44.6 Å². The maximum Gasteiger partial charge on any atom is 0.339 e. The molecule has 0 bridgehead atoms. The molecule has 7 heteroatoms. The maximum absolute atomic E-state index is 12.7. The number of benzene rings is 1. The second-order valence-corrected chi connectivity index (χ2v) is 6.62. The number of nitrogens with one attached hydrogen (secondary N) is 1. The van der Waals surface area contributed by atoms with Gasteiger partial charge in [-0.2, -0.15) is 0 Å². The highest BCUT2D eigenvalue weighted by Gasteiger charge is 2.19. The van der Waals surface area contributed by atoms with Gasteiger partial charge in [0.15, 0.2) is 0 Å². The molecule has 7 nitrogen and oxygen atoms in total. The lowest BCUT2D eigenvalue weighted by Crippen LogP contribution is -2.30. The minimum atomic E-state index is -0.376. The molecule has 1 N–H and O–H groups in total. The van der Waals surface area contributed by atoms with E-state index in [1.807, 2.05) is 30.5 Å². The first-order valence-electron chi connectivity index (χ1n) is 9.17. The van der Waals surface area contributed by atoms with Gasteiger partial charge in [-0.25, -0.2) is 4.79 Å². The van der Waals surface area contributed by atoms with E-state index in [0.717, 1.165) is 11.3 Å². The van der Waals surface area contributed by atoms with Crippen molar-refractivity contribution in [3.05, 3.63) is 58.4 Å². The summed E-state index contributed by atoms with van der Waals surface area (Å²) in [6.07, 6.45) is 0. The van der Waals surface area contributed by atoms with Crippen LogP contribution in [-0.4, -0.2) is 48.0 Å². The molecule has 2 aromatic rings. The number of carbonyl (C=O) groups excluding carboxylic acids is 3. The number of aryl methyl sites for hydroxylation is 1. The molecule has 2 amide bonds. The number of amides is 2. The Bertz CT molecular complexity index is 869. The summed E-state index contributed by atoms with van der Waals surface area (Å²) in [5.41, 5.74) is 3.53. The quantitative estimate of drug-likeness (QED) is 0.742. The molecule has 2 rings (SSSR count). The molecule has 0 unspecified atom stereocenters. The van der Waals surface area contributed by atoms with Gasteiger partial charge in [-0.15, -0.1) is 0 Å². The first-order valence-corrected chi connectivity index (χ1v) is 9.17. The number of ether oxygens (including phenoxy) is 1. The Morgan fingerprint density at radius 3 is 2.36 bits per heavy atom. The maximum atomic E-state index is 12.7. The fourth-order valence-electron chi connectivity index (χ4n) is 2.98. The monoisotopic (exact) mass is 385 g/mol. The lowest BCUT2D eigenvalue weighted by molar-refractivity contribution is -0.131. The van der Waals surface area contributed by atoms with Crippen LogP contribution in [0, 0.1) is 13.8 Å². The van der Waals surface area contributed by atoms with Crippen LogP contribution >= 0.6 is 0 Å². The number of hydrogen-bond donors (Lipinski definition) is 1. The van der Waals surface area contributed by atoms with E-state index in [4.69, 9.17) is 4.74 Å². The van der Waals surface area contributed by atoms with E-state index in [9.17, 15) is 14.4 Å². The average Bonchev–Trinajstić information content (AvgIpc) is 2.96. The minimum absolute atomic E-state index is 0.0763. The molecular weight excluding hydrogens is 358 g/mol. The summed E-state index contributed by atoms with van der Waals surface area (Å²) in [6, 6.07) is 8.88. The van der Waals surface area contributed by atoms with Gasteiger partial charge < -0.3 is 19.5 Å². The number of nitrogens with zero attached hydrogens (tertiary/aromatic N) is 2. The summed E-state index contributed by atoms with van der Waals surface area (Å²) < 4.78 is 6.89. The number of rotatable bonds is 7. The van der Waals surface area contributed by atoms with Gasteiger partial charge in [0, 0.05) is 37.6 Å². The molecule has 1 heterocycles. The third-order valence-corrected chi connectivity index (χ3v) is 4.65. The van der Waals surface area contributed by atoms with Gasteiger partial charge in [0.1, 0.15) is 6.54 Å². The van der Waals surface area contributed by atoms with E-state index >= 15 is 0 Å². The second-order valence-electron chi connectivity index (χ2n) is 6.62. The van der Waals surface area contributed by atoms with Gasteiger partial charge in [0.2, 0.25) is 5.91 Å². The number of hydrogen-bond acceptors (Lipinski definition) is 4. The summed E-state index contributed by atoms with van der Waals surface area (Å²) in [4.78, 5) is 37.9. The number of carbonyl (C=O) groups is 3. The van der Waals surface area contributed by atoms with Crippen LogP contribution in [0.4, 0.5) is 0 Å². The van der Waals surface area contributed by atoms with E-state index in [0.29, 0.717) is 30.0 Å². The summed E-state index contributed by atoms with van der Waals surface area (Å²) in [5, 5.41) is 2.58. The molecule has 0 aliphatic carbocycles. The summed E-state index contributed by atoms with van der Waals surface area (Å²) >= 11 is 0. The Hall–Kier alpha value is -3.09. The van der Waals surface area contributed by atoms with Crippen molar-refractivity contribution in [3.63, 3.8) is 0 Å². The van der Waals surface area contributed by atoms with E-state index in [1.165, 1.54) is 0 Å². The number of aromatic nitrogens is 1. The van der Waals surface area contributed by atoms with E-state index in [-0.39, 0.29) is 24.3 Å². The minimum Gasteiger partial charge on any atom is -0.462 e. The Kier molecular flexibility index (Phi) is 6.98. The summed E-state index contributed by atoms with van der Waals surface area (Å²) in [5.74, 6) is -0.599. The Balaban J connectivity index is 2.06. The molecule has 1 aromatic carbocycles. The lowest BCUT2D eigenvalue weighted by Gasteiger charge is -2.19. The highest BCUT2D eigenvalue weighted by molar-refractivity contribution is 5.94. The third-order valence-electron chi connectivity index (χ3n) is 4.65. The van der Waals surface area contributed by atoms with Crippen molar-refractivity contribution < 1.29 is 19.1 Å². The van der Waals surface area contributed by atoms with Gasteiger partial charge in [-0.3, -0.25) is 9.59 Å². The van der Waals surface area contributed by atoms with Crippen LogP contribution in [0.5, 0.6) is 0 Å². The normalized spacial score (nSPS) is 10.5. The molecular formula is C21H27N3O4. The fraction of sp³-hybridized carbons (Fsp3) is 0.381. The van der Waals surface area contributed by atoms with Crippen molar-refractivity contribution in [3.8, 4) is 0 Å². The third kappa shape index (κ3) is 4.79. The molecule has 0 fully saturated rings. The zero-order chi connectivity index (χ0) is 20.8. The number of esters is 1. The van der Waals surface area contributed by atoms with Crippen LogP contribution in [0.25, 0.3) is 0 Å². The number of likely N-dealkylation sites (N-methyl/N-ethyl adjacent to an activating group) is 1. The predicted molar refractivity (Wildman–Crippen MR) is 106 cm³/mol. The predicted octanol–water partition coefficient (Wildman–Crippen LogP) is 2.30. The van der Waals surface area contributed by atoms with Crippen molar-refractivity contribution in [2.75, 3.05) is 20.7 Å². The first kappa shape index (κ1) is 21.2. The zero-order valence-corrected chi connectivity index (χ0v) is 17.0. The summed E-state index contributed by atoms with van der Waals surface area (Å²) in [7, 11) is 3.32. The van der Waals surface area contributed by atoms with Crippen LogP contribution in [0.2, 0.25) is 0 Å². The molecule has 0 aliphatic rings. The van der Waals surface area contributed by atoms with Crippen LogP contribution in [0.3, 0.4) is 0 Å². The van der Waals surface area contributed by atoms with Crippen molar-refractivity contribution >= 4 is 17.8 Å². The molecule has 0 atom stereocenters. The van der Waals surface area contributed by atoms with E-state index in [2.05, 4.69) is 5.32 Å². The van der Waals surface area contributed by atoms with Crippen molar-refractivity contribution in [2.24, 2.45) is 0 Å². The second kappa shape index (κ2) is 9.21. The summed E-state index contributed by atoms with van der Waals surface area (Å²) in [6.45, 7) is 6.31. The Morgan fingerprint density at radius 2 is 1.79 bits per heavy atom. The topological polar surface area (TPSA) is 80.6 Å². The van der Waals surface area contributed by atoms with Crippen molar-refractivity contribution in [1.82, 2.24) is 14.8 Å². The van der Waals surface area contributed by atoms with Gasteiger partial charge in [0.05, 0.1) is 12.2 Å². The van der Waals surface area contributed by atoms with E-state index < -0.39 is 0 Å². The van der Waals surface area contributed by atoms with Gasteiger partial charge in [-0.1, -0.05) is 12.1 Å². The van der Waals surface area contributed by atoms with Crippen LogP contribution in [0.15, 0.2) is 30.3 Å². The highest BCUT2D eigenvalue weighted by Crippen LogP contribution is 2.17. The standard InChI is InChI=1S/C21H27N3O4/c1-6-28-21(27)18-11-14(2)24(15(18)3)13-19(25)23(5)12-16-7-9-17(10-8-16)20(26)22-4/h7-11H,6,12-13H2,1-5H3,(H,22,26). The molecule has 0 spiro atoms.